The Kier molecular flexibility index (Phi) is 5.03. The molecule has 3 aromatic heterocycles. The molecule has 0 fully saturated rings. The van der Waals surface area contributed by atoms with E-state index in [1.54, 1.807) is 35.1 Å². The summed E-state index contributed by atoms with van der Waals surface area (Å²) in [6, 6.07) is 11.4. The number of fused-ring (bicyclic) bond motifs is 1. The number of benzene rings is 1. The van der Waals surface area contributed by atoms with Crippen molar-refractivity contribution in [2.45, 2.75) is 13.5 Å². The number of hydrogen-bond donors (Lipinski definition) is 0. The number of anilines is 1. The van der Waals surface area contributed by atoms with Crippen LogP contribution in [-0.4, -0.2) is 32.0 Å². The highest BCUT2D eigenvalue weighted by molar-refractivity contribution is 7.22. The summed E-state index contributed by atoms with van der Waals surface area (Å²) in [4.78, 5) is 28.1. The summed E-state index contributed by atoms with van der Waals surface area (Å²) >= 11 is 1.45. The summed E-state index contributed by atoms with van der Waals surface area (Å²) in [7, 11) is 1.80. The van der Waals surface area contributed by atoms with E-state index in [9.17, 15) is 4.79 Å². The number of hydrogen-bond acceptors (Lipinski definition) is 6. The highest BCUT2D eigenvalue weighted by atomic mass is 32.1. The van der Waals surface area contributed by atoms with Crippen molar-refractivity contribution in [3.8, 4) is 5.75 Å². The minimum Gasteiger partial charge on any atom is -0.494 e. The number of pyridine rings is 1. The number of thiazole rings is 1. The van der Waals surface area contributed by atoms with Gasteiger partial charge in [0.05, 0.1) is 29.1 Å². The van der Waals surface area contributed by atoms with Gasteiger partial charge in [0.1, 0.15) is 5.75 Å². The van der Waals surface area contributed by atoms with Gasteiger partial charge in [-0.15, -0.1) is 0 Å². The monoisotopic (exact) mass is 393 g/mol. The van der Waals surface area contributed by atoms with Crippen molar-refractivity contribution in [3.63, 3.8) is 0 Å². The highest BCUT2D eigenvalue weighted by Gasteiger charge is 2.25. The molecule has 0 bridgehead atoms. The minimum atomic E-state index is -0.220. The van der Waals surface area contributed by atoms with E-state index in [1.807, 2.05) is 43.3 Å². The van der Waals surface area contributed by atoms with Crippen LogP contribution in [-0.2, 0) is 13.6 Å². The van der Waals surface area contributed by atoms with Gasteiger partial charge in [0.2, 0.25) is 0 Å². The number of imidazole rings is 1. The van der Waals surface area contributed by atoms with E-state index in [2.05, 4.69) is 15.0 Å². The lowest BCUT2D eigenvalue weighted by Gasteiger charge is -2.19. The Morgan fingerprint density at radius 3 is 2.82 bits per heavy atom. The molecule has 3 heterocycles. The number of carbonyl (C=O) groups is 1. The predicted molar refractivity (Wildman–Crippen MR) is 109 cm³/mol. The van der Waals surface area contributed by atoms with Gasteiger partial charge in [0.15, 0.2) is 11.0 Å². The van der Waals surface area contributed by atoms with Crippen LogP contribution in [0.2, 0.25) is 0 Å². The second-order valence-corrected chi connectivity index (χ2v) is 7.14. The van der Waals surface area contributed by atoms with Crippen molar-refractivity contribution in [3.05, 3.63) is 66.5 Å². The SMILES string of the molecule is CCOc1ccc2nc(N(Cc3ccccn3)C(=O)c3nccn3C)sc2c1. The van der Waals surface area contributed by atoms with Gasteiger partial charge < -0.3 is 9.30 Å². The fourth-order valence-corrected chi connectivity index (χ4v) is 3.83. The summed E-state index contributed by atoms with van der Waals surface area (Å²) in [5, 5.41) is 0.599. The quantitative estimate of drug-likeness (QED) is 0.500. The summed E-state index contributed by atoms with van der Waals surface area (Å²) in [6.45, 7) is 2.85. The number of amides is 1. The smallest absolute Gasteiger partial charge is 0.296 e. The van der Waals surface area contributed by atoms with Crippen LogP contribution >= 0.6 is 11.3 Å². The maximum atomic E-state index is 13.2. The lowest BCUT2D eigenvalue weighted by molar-refractivity contribution is 0.0972. The van der Waals surface area contributed by atoms with E-state index in [0.717, 1.165) is 21.7 Å². The molecule has 1 aromatic carbocycles. The van der Waals surface area contributed by atoms with Gasteiger partial charge in [0, 0.05) is 25.6 Å². The van der Waals surface area contributed by atoms with E-state index in [4.69, 9.17) is 4.74 Å². The van der Waals surface area contributed by atoms with Crippen LogP contribution < -0.4 is 9.64 Å². The van der Waals surface area contributed by atoms with Crippen LogP contribution in [0.1, 0.15) is 23.2 Å². The van der Waals surface area contributed by atoms with Crippen LogP contribution in [0.15, 0.2) is 55.0 Å². The Morgan fingerprint density at radius 2 is 2.11 bits per heavy atom. The molecule has 142 valence electrons. The molecule has 4 rings (SSSR count). The molecule has 0 aliphatic carbocycles. The zero-order valence-corrected chi connectivity index (χ0v) is 16.4. The van der Waals surface area contributed by atoms with Gasteiger partial charge in [-0.3, -0.25) is 14.7 Å². The van der Waals surface area contributed by atoms with Crippen molar-refractivity contribution >= 4 is 32.6 Å². The molecule has 0 saturated heterocycles. The molecular formula is C20H19N5O2S. The molecular weight excluding hydrogens is 374 g/mol. The Bertz CT molecular complexity index is 1110. The van der Waals surface area contributed by atoms with Gasteiger partial charge >= 0.3 is 0 Å². The average Bonchev–Trinajstić information content (AvgIpc) is 3.32. The van der Waals surface area contributed by atoms with Crippen molar-refractivity contribution < 1.29 is 9.53 Å². The number of carbonyl (C=O) groups excluding carboxylic acids is 1. The molecule has 0 N–H and O–H groups in total. The molecule has 0 unspecified atom stereocenters. The van der Waals surface area contributed by atoms with E-state index in [1.165, 1.54) is 11.3 Å². The maximum absolute atomic E-state index is 13.2. The van der Waals surface area contributed by atoms with Gasteiger partial charge in [-0.05, 0) is 37.3 Å². The third-order valence-electron chi connectivity index (χ3n) is 4.19. The van der Waals surface area contributed by atoms with Crippen LogP contribution in [0, 0.1) is 0 Å². The molecule has 4 aromatic rings. The van der Waals surface area contributed by atoms with Crippen LogP contribution in [0.5, 0.6) is 5.75 Å². The number of ether oxygens (including phenoxy) is 1. The topological polar surface area (TPSA) is 73.1 Å². The first-order valence-electron chi connectivity index (χ1n) is 8.88. The molecule has 0 atom stereocenters. The second-order valence-electron chi connectivity index (χ2n) is 6.13. The van der Waals surface area contributed by atoms with E-state index >= 15 is 0 Å². The van der Waals surface area contributed by atoms with Gasteiger partial charge in [-0.1, -0.05) is 17.4 Å². The molecule has 7 nitrogen and oxygen atoms in total. The van der Waals surface area contributed by atoms with Gasteiger partial charge in [-0.2, -0.15) is 0 Å². The Balaban J connectivity index is 1.75. The van der Waals surface area contributed by atoms with E-state index in [0.29, 0.717) is 24.1 Å². The maximum Gasteiger partial charge on any atom is 0.296 e. The zero-order valence-electron chi connectivity index (χ0n) is 15.6. The Morgan fingerprint density at radius 1 is 1.21 bits per heavy atom. The van der Waals surface area contributed by atoms with Crippen molar-refractivity contribution in [2.75, 3.05) is 11.5 Å². The molecule has 1 amide bonds. The highest BCUT2D eigenvalue weighted by Crippen LogP contribution is 2.32. The summed E-state index contributed by atoms with van der Waals surface area (Å²) < 4.78 is 8.24. The lowest BCUT2D eigenvalue weighted by Crippen LogP contribution is -2.32. The minimum absolute atomic E-state index is 0.220. The summed E-state index contributed by atoms with van der Waals surface area (Å²) in [5.74, 6) is 0.921. The molecule has 8 heteroatoms. The number of aromatic nitrogens is 4. The van der Waals surface area contributed by atoms with Gasteiger partial charge in [-0.25, -0.2) is 9.97 Å². The molecule has 0 radical (unpaired) electrons. The lowest BCUT2D eigenvalue weighted by atomic mass is 10.3. The fraction of sp³-hybridized carbons (Fsp3) is 0.200. The average molecular weight is 393 g/mol. The van der Waals surface area contributed by atoms with Crippen LogP contribution in [0.4, 0.5) is 5.13 Å². The molecule has 0 spiro atoms. The number of aryl methyl sites for hydroxylation is 1. The first-order valence-corrected chi connectivity index (χ1v) is 9.70. The van der Waals surface area contributed by atoms with Crippen molar-refractivity contribution in [2.24, 2.45) is 7.05 Å². The Labute approximate surface area is 166 Å². The van der Waals surface area contributed by atoms with Crippen LogP contribution in [0.3, 0.4) is 0 Å². The molecule has 0 aliphatic rings. The van der Waals surface area contributed by atoms with E-state index < -0.39 is 0 Å². The largest absolute Gasteiger partial charge is 0.494 e. The fourth-order valence-electron chi connectivity index (χ4n) is 2.84. The standard InChI is InChI=1S/C20H19N5O2S/c1-3-27-15-7-8-16-17(12-15)28-20(23-16)25(13-14-6-4-5-9-21-14)19(26)18-22-10-11-24(18)2/h4-12H,3,13H2,1-2H3. The van der Waals surface area contributed by atoms with Gasteiger partial charge in [0.25, 0.3) is 5.91 Å². The molecule has 28 heavy (non-hydrogen) atoms. The summed E-state index contributed by atoms with van der Waals surface area (Å²) in [6.07, 6.45) is 5.07. The Hall–Kier alpha value is -3.26. The van der Waals surface area contributed by atoms with Crippen LogP contribution in [0.25, 0.3) is 10.2 Å². The number of nitrogens with zero attached hydrogens (tertiary/aromatic N) is 5. The first kappa shape index (κ1) is 18.1. The van der Waals surface area contributed by atoms with E-state index in [-0.39, 0.29) is 5.91 Å². The second kappa shape index (κ2) is 7.77. The number of rotatable bonds is 6. The zero-order chi connectivity index (χ0) is 19.5. The summed E-state index contributed by atoms with van der Waals surface area (Å²) in [5.41, 5.74) is 1.60. The van der Waals surface area contributed by atoms with Crippen molar-refractivity contribution in [1.82, 2.24) is 19.5 Å². The first-order chi connectivity index (χ1) is 13.7. The van der Waals surface area contributed by atoms with Crippen molar-refractivity contribution in [1.29, 1.82) is 0 Å². The molecule has 0 aliphatic heterocycles. The normalized spacial score (nSPS) is 10.9. The predicted octanol–water partition coefficient (Wildman–Crippen LogP) is 3.67. The third kappa shape index (κ3) is 3.59. The molecule has 0 saturated carbocycles. The third-order valence-corrected chi connectivity index (χ3v) is 5.24.